The van der Waals surface area contributed by atoms with Crippen LogP contribution in [0.3, 0.4) is 0 Å². The van der Waals surface area contributed by atoms with Crippen LogP contribution in [0.15, 0.2) is 57.8 Å². The van der Waals surface area contributed by atoms with Gasteiger partial charge in [-0.05, 0) is 40.2 Å². The maximum atomic E-state index is 12.5. The van der Waals surface area contributed by atoms with Crippen molar-refractivity contribution < 1.29 is 4.79 Å². The van der Waals surface area contributed by atoms with Crippen LogP contribution in [0.5, 0.6) is 0 Å². The van der Waals surface area contributed by atoms with E-state index in [1.807, 2.05) is 24.3 Å². The molecule has 0 bridgehead atoms. The van der Waals surface area contributed by atoms with Gasteiger partial charge in [-0.2, -0.15) is 0 Å². The van der Waals surface area contributed by atoms with E-state index in [0.29, 0.717) is 22.3 Å². The number of aromatic nitrogens is 2. The molecule has 23 heavy (non-hydrogen) atoms. The molecule has 0 unspecified atom stereocenters. The Labute approximate surface area is 141 Å². The third-order valence-corrected chi connectivity index (χ3v) is 4.19. The van der Waals surface area contributed by atoms with Gasteiger partial charge in [0.1, 0.15) is 5.82 Å². The molecule has 116 valence electrons. The number of hydrogen-bond acceptors (Lipinski definition) is 3. The number of hydrogen-bond donors (Lipinski definition) is 1. The highest BCUT2D eigenvalue weighted by Crippen LogP contribution is 2.18. The van der Waals surface area contributed by atoms with E-state index in [1.165, 1.54) is 4.90 Å². The lowest BCUT2D eigenvalue weighted by Gasteiger charge is -2.17. The van der Waals surface area contributed by atoms with Gasteiger partial charge in [-0.1, -0.05) is 24.3 Å². The summed E-state index contributed by atoms with van der Waals surface area (Å²) < 4.78 is 0.733. The van der Waals surface area contributed by atoms with Crippen LogP contribution in [-0.4, -0.2) is 27.8 Å². The van der Waals surface area contributed by atoms with Gasteiger partial charge in [-0.15, -0.1) is 0 Å². The minimum absolute atomic E-state index is 0.145. The molecule has 0 aliphatic heterocycles. The van der Waals surface area contributed by atoms with Crippen LogP contribution < -0.4 is 5.56 Å². The van der Waals surface area contributed by atoms with Gasteiger partial charge in [0.05, 0.1) is 23.0 Å². The van der Waals surface area contributed by atoms with Crippen molar-refractivity contribution >= 4 is 32.7 Å². The lowest BCUT2D eigenvalue weighted by Crippen LogP contribution is -2.28. The number of rotatable bonds is 3. The van der Waals surface area contributed by atoms with E-state index < -0.39 is 0 Å². The Balaban J connectivity index is 1.88. The zero-order valence-corrected chi connectivity index (χ0v) is 14.0. The summed E-state index contributed by atoms with van der Waals surface area (Å²) in [4.78, 5) is 33.2. The first-order valence-electron chi connectivity index (χ1n) is 7.04. The summed E-state index contributed by atoms with van der Waals surface area (Å²) >= 11 is 3.37. The van der Waals surface area contributed by atoms with Gasteiger partial charge in [0.2, 0.25) is 0 Å². The number of carbonyl (C=O) groups excluding carboxylic acids is 1. The molecule has 0 aliphatic rings. The van der Waals surface area contributed by atoms with Crippen molar-refractivity contribution in [1.82, 2.24) is 14.9 Å². The van der Waals surface area contributed by atoms with Crippen molar-refractivity contribution in [1.29, 1.82) is 0 Å². The van der Waals surface area contributed by atoms with Gasteiger partial charge < -0.3 is 9.88 Å². The summed E-state index contributed by atoms with van der Waals surface area (Å²) in [5.74, 6) is 0.310. The quantitative estimate of drug-likeness (QED) is 0.769. The fraction of sp³-hybridized carbons (Fsp3) is 0.118. The molecule has 0 fully saturated rings. The molecule has 1 heterocycles. The van der Waals surface area contributed by atoms with Crippen molar-refractivity contribution in [2.75, 3.05) is 7.05 Å². The van der Waals surface area contributed by atoms with Crippen LogP contribution in [0.4, 0.5) is 0 Å². The predicted octanol–water partition coefficient (Wildman–Crippen LogP) is 2.96. The normalized spacial score (nSPS) is 10.7. The summed E-state index contributed by atoms with van der Waals surface area (Å²) in [6.45, 7) is 0.222. The second kappa shape index (κ2) is 6.34. The molecule has 1 N–H and O–H groups in total. The predicted molar refractivity (Wildman–Crippen MR) is 92.3 cm³/mol. The number of fused-ring (bicyclic) bond motifs is 1. The number of nitrogens with zero attached hydrogens (tertiary/aromatic N) is 2. The highest BCUT2D eigenvalue weighted by Gasteiger charge is 2.16. The smallest absolute Gasteiger partial charge is 0.258 e. The molecule has 0 radical (unpaired) electrons. The number of para-hydroxylation sites is 1. The third-order valence-electron chi connectivity index (χ3n) is 3.50. The third kappa shape index (κ3) is 3.17. The Morgan fingerprint density at radius 3 is 2.65 bits per heavy atom. The Bertz CT molecular complexity index is 936. The minimum Gasteiger partial charge on any atom is -0.334 e. The fourth-order valence-electron chi connectivity index (χ4n) is 2.35. The molecule has 0 saturated heterocycles. The first kappa shape index (κ1) is 15.4. The van der Waals surface area contributed by atoms with E-state index in [9.17, 15) is 9.59 Å². The van der Waals surface area contributed by atoms with Gasteiger partial charge in [0.25, 0.3) is 11.5 Å². The van der Waals surface area contributed by atoms with Gasteiger partial charge in [-0.25, -0.2) is 4.98 Å². The molecule has 3 rings (SSSR count). The average Bonchev–Trinajstić information content (AvgIpc) is 2.54. The number of carbonyl (C=O) groups is 1. The van der Waals surface area contributed by atoms with Crippen LogP contribution in [0.1, 0.15) is 16.2 Å². The maximum absolute atomic E-state index is 12.5. The van der Waals surface area contributed by atoms with Gasteiger partial charge >= 0.3 is 0 Å². The van der Waals surface area contributed by atoms with Crippen LogP contribution in [0, 0.1) is 0 Å². The molecular formula is C17H14BrN3O2. The molecule has 6 heteroatoms. The maximum Gasteiger partial charge on any atom is 0.258 e. The molecule has 0 atom stereocenters. The number of amides is 1. The lowest BCUT2D eigenvalue weighted by molar-refractivity contribution is 0.0780. The van der Waals surface area contributed by atoms with Crippen molar-refractivity contribution in [2.24, 2.45) is 0 Å². The second-order valence-electron chi connectivity index (χ2n) is 5.17. The first-order valence-corrected chi connectivity index (χ1v) is 7.83. The topological polar surface area (TPSA) is 66.1 Å². The molecular weight excluding hydrogens is 358 g/mol. The molecule has 0 aliphatic carbocycles. The monoisotopic (exact) mass is 371 g/mol. The zero-order chi connectivity index (χ0) is 16.4. The summed E-state index contributed by atoms with van der Waals surface area (Å²) in [6, 6.07) is 14.3. The van der Waals surface area contributed by atoms with E-state index in [4.69, 9.17) is 0 Å². The summed E-state index contributed by atoms with van der Waals surface area (Å²) in [5, 5.41) is 0.538. The Morgan fingerprint density at radius 2 is 1.87 bits per heavy atom. The number of aromatic amines is 1. The number of nitrogens with one attached hydrogen (secondary N) is 1. The summed E-state index contributed by atoms with van der Waals surface area (Å²) in [5.41, 5.74) is 0.985. The van der Waals surface area contributed by atoms with Crippen molar-refractivity contribution in [3.05, 3.63) is 74.7 Å². The van der Waals surface area contributed by atoms with E-state index >= 15 is 0 Å². The molecule has 1 aromatic heterocycles. The van der Waals surface area contributed by atoms with E-state index in [1.54, 1.807) is 31.3 Å². The van der Waals surface area contributed by atoms with Crippen LogP contribution in [0.25, 0.3) is 10.9 Å². The summed E-state index contributed by atoms with van der Waals surface area (Å²) in [7, 11) is 1.68. The standard InChI is InChI=1S/C17H14BrN3O2/c1-21(17(23)11-6-2-4-8-13(11)18)10-15-19-14-9-5-3-7-12(14)16(22)20-15/h2-9H,10H2,1H3,(H,19,20,22). The van der Waals surface area contributed by atoms with Crippen LogP contribution in [0.2, 0.25) is 0 Å². The van der Waals surface area contributed by atoms with E-state index in [-0.39, 0.29) is 18.0 Å². The molecule has 5 nitrogen and oxygen atoms in total. The highest BCUT2D eigenvalue weighted by molar-refractivity contribution is 9.10. The first-order chi connectivity index (χ1) is 11.1. The molecule has 3 aromatic rings. The number of benzene rings is 2. The molecule has 2 aromatic carbocycles. The SMILES string of the molecule is CN(Cc1nc2ccccc2c(=O)[nH]1)C(=O)c1ccccc1Br. The second-order valence-corrected chi connectivity index (χ2v) is 6.03. The van der Waals surface area contributed by atoms with E-state index in [0.717, 1.165) is 4.47 Å². The van der Waals surface area contributed by atoms with Crippen molar-refractivity contribution in [3.63, 3.8) is 0 Å². The largest absolute Gasteiger partial charge is 0.334 e. The average molecular weight is 372 g/mol. The Morgan fingerprint density at radius 1 is 1.17 bits per heavy atom. The molecule has 1 amide bonds. The summed E-state index contributed by atoms with van der Waals surface area (Å²) in [6.07, 6.45) is 0. The van der Waals surface area contributed by atoms with Crippen molar-refractivity contribution in [3.8, 4) is 0 Å². The molecule has 0 saturated carbocycles. The lowest BCUT2D eigenvalue weighted by atomic mass is 10.2. The van der Waals surface area contributed by atoms with Gasteiger partial charge in [0, 0.05) is 11.5 Å². The van der Waals surface area contributed by atoms with Gasteiger partial charge in [-0.3, -0.25) is 9.59 Å². The molecule has 0 spiro atoms. The highest BCUT2D eigenvalue weighted by atomic mass is 79.9. The fourth-order valence-corrected chi connectivity index (χ4v) is 2.80. The Kier molecular flexibility index (Phi) is 4.25. The van der Waals surface area contributed by atoms with Crippen LogP contribution >= 0.6 is 15.9 Å². The van der Waals surface area contributed by atoms with Crippen LogP contribution in [-0.2, 0) is 6.54 Å². The number of H-pyrrole nitrogens is 1. The minimum atomic E-state index is -0.202. The zero-order valence-electron chi connectivity index (χ0n) is 12.4. The van der Waals surface area contributed by atoms with Crippen molar-refractivity contribution in [2.45, 2.75) is 6.54 Å². The van der Waals surface area contributed by atoms with Gasteiger partial charge in [0.15, 0.2) is 0 Å². The Hall–Kier alpha value is -2.47. The van der Waals surface area contributed by atoms with E-state index in [2.05, 4.69) is 25.9 Å². The number of halogens is 1.